The Morgan fingerprint density at radius 3 is 2.50 bits per heavy atom. The average molecular weight is 330 g/mol. The standard InChI is InChI=1S/C12H8N2.C7H6N2S/c1-3-9-5-6-11-10(4-2-7-13-11)12(9)14-8-1;8-7-9-5-3-1-2-4-6(5)10-7/h1-8H;1-4H,(H2,8,9). The van der Waals surface area contributed by atoms with E-state index < -0.39 is 0 Å². The Labute approximate surface area is 142 Å². The van der Waals surface area contributed by atoms with Gasteiger partial charge in [0.2, 0.25) is 0 Å². The predicted octanol–water partition coefficient (Wildman–Crippen LogP) is 4.66. The number of hydrogen-bond acceptors (Lipinski definition) is 5. The van der Waals surface area contributed by atoms with Crippen molar-refractivity contribution in [2.45, 2.75) is 0 Å². The normalized spacial score (nSPS) is 10.7. The zero-order valence-corrected chi connectivity index (χ0v) is 13.6. The molecule has 3 heterocycles. The minimum atomic E-state index is 0.640. The fourth-order valence-electron chi connectivity index (χ4n) is 2.59. The van der Waals surface area contributed by atoms with E-state index in [0.717, 1.165) is 32.0 Å². The van der Waals surface area contributed by atoms with Crippen LogP contribution in [0.3, 0.4) is 0 Å². The smallest absolute Gasteiger partial charge is 0.181 e. The molecule has 0 saturated carbocycles. The molecule has 2 aromatic carbocycles. The summed E-state index contributed by atoms with van der Waals surface area (Å²) in [6.45, 7) is 0. The Hall–Kier alpha value is -3.05. The SMILES string of the molecule is Nc1nc2ccccc2s1.c1cnc2c(c1)ccc1ncccc12. The number of para-hydroxylation sites is 1. The van der Waals surface area contributed by atoms with Crippen LogP contribution < -0.4 is 5.73 Å². The third-order valence-corrected chi connectivity index (χ3v) is 4.53. The number of nitrogen functional groups attached to an aromatic ring is 1. The van der Waals surface area contributed by atoms with Crippen molar-refractivity contribution in [3.8, 4) is 0 Å². The van der Waals surface area contributed by atoms with Gasteiger partial charge >= 0.3 is 0 Å². The van der Waals surface area contributed by atoms with Crippen molar-refractivity contribution in [2.75, 3.05) is 5.73 Å². The van der Waals surface area contributed by atoms with Crippen LogP contribution in [0, 0.1) is 0 Å². The summed E-state index contributed by atoms with van der Waals surface area (Å²) >= 11 is 1.52. The fraction of sp³-hybridized carbons (Fsp3) is 0. The van der Waals surface area contributed by atoms with E-state index in [9.17, 15) is 0 Å². The first-order chi connectivity index (χ1) is 11.8. The zero-order chi connectivity index (χ0) is 16.4. The highest BCUT2D eigenvalue weighted by molar-refractivity contribution is 7.22. The molecule has 0 aliphatic carbocycles. The van der Waals surface area contributed by atoms with Crippen molar-refractivity contribution in [1.29, 1.82) is 0 Å². The summed E-state index contributed by atoms with van der Waals surface area (Å²) in [5.41, 5.74) is 8.51. The summed E-state index contributed by atoms with van der Waals surface area (Å²) in [5, 5.41) is 2.92. The van der Waals surface area contributed by atoms with E-state index in [1.807, 2.05) is 48.7 Å². The fourth-order valence-corrected chi connectivity index (χ4v) is 3.32. The van der Waals surface area contributed by atoms with E-state index in [2.05, 4.69) is 33.2 Å². The largest absolute Gasteiger partial charge is 0.375 e. The van der Waals surface area contributed by atoms with Crippen molar-refractivity contribution in [2.24, 2.45) is 0 Å². The van der Waals surface area contributed by atoms with Gasteiger partial charge in [-0.25, -0.2) is 4.98 Å². The highest BCUT2D eigenvalue weighted by Gasteiger charge is 1.99. The van der Waals surface area contributed by atoms with E-state index in [4.69, 9.17) is 5.73 Å². The van der Waals surface area contributed by atoms with Gasteiger partial charge in [0.15, 0.2) is 5.13 Å². The van der Waals surface area contributed by atoms with Gasteiger partial charge in [-0.15, -0.1) is 0 Å². The lowest BCUT2D eigenvalue weighted by atomic mass is 10.1. The summed E-state index contributed by atoms with van der Waals surface area (Å²) < 4.78 is 1.15. The van der Waals surface area contributed by atoms with Crippen LogP contribution in [0.15, 0.2) is 73.1 Å². The van der Waals surface area contributed by atoms with Crippen molar-refractivity contribution < 1.29 is 0 Å². The van der Waals surface area contributed by atoms with Gasteiger partial charge < -0.3 is 5.73 Å². The topological polar surface area (TPSA) is 64.7 Å². The van der Waals surface area contributed by atoms with Crippen molar-refractivity contribution in [3.05, 3.63) is 73.1 Å². The molecule has 0 aliphatic rings. The van der Waals surface area contributed by atoms with Crippen molar-refractivity contribution in [3.63, 3.8) is 0 Å². The lowest BCUT2D eigenvalue weighted by molar-refractivity contribution is 1.39. The van der Waals surface area contributed by atoms with Gasteiger partial charge in [-0.2, -0.15) is 0 Å². The Morgan fingerprint density at radius 1 is 0.750 bits per heavy atom. The Kier molecular flexibility index (Phi) is 3.76. The summed E-state index contributed by atoms with van der Waals surface area (Å²) in [6.07, 6.45) is 3.62. The number of hydrogen-bond donors (Lipinski definition) is 1. The zero-order valence-electron chi connectivity index (χ0n) is 12.8. The third kappa shape index (κ3) is 2.77. The maximum atomic E-state index is 5.50. The molecular formula is C19H14N4S. The molecule has 0 aliphatic heterocycles. The lowest BCUT2D eigenvalue weighted by Crippen LogP contribution is -1.82. The molecule has 116 valence electrons. The van der Waals surface area contributed by atoms with Gasteiger partial charge in [0.1, 0.15) is 0 Å². The van der Waals surface area contributed by atoms with Crippen LogP contribution in [0.5, 0.6) is 0 Å². The van der Waals surface area contributed by atoms with E-state index >= 15 is 0 Å². The second-order valence-corrected chi connectivity index (χ2v) is 6.29. The lowest BCUT2D eigenvalue weighted by Gasteiger charge is -2.00. The van der Waals surface area contributed by atoms with Crippen LogP contribution in [0.4, 0.5) is 5.13 Å². The number of pyridine rings is 2. The molecule has 0 atom stereocenters. The highest BCUT2D eigenvalue weighted by atomic mass is 32.1. The minimum absolute atomic E-state index is 0.640. The molecule has 5 rings (SSSR count). The minimum Gasteiger partial charge on any atom is -0.375 e. The number of rotatable bonds is 0. The molecule has 3 aromatic heterocycles. The molecule has 2 N–H and O–H groups in total. The first kappa shape index (κ1) is 14.5. The first-order valence-corrected chi connectivity index (χ1v) is 8.32. The molecule has 0 bridgehead atoms. The molecule has 0 spiro atoms. The van der Waals surface area contributed by atoms with Gasteiger partial charge in [0.05, 0.1) is 21.3 Å². The van der Waals surface area contributed by atoms with Gasteiger partial charge in [-0.3, -0.25) is 9.97 Å². The number of thiazole rings is 1. The van der Waals surface area contributed by atoms with Gasteiger partial charge in [-0.1, -0.05) is 35.6 Å². The monoisotopic (exact) mass is 330 g/mol. The van der Waals surface area contributed by atoms with Crippen LogP contribution in [0.2, 0.25) is 0 Å². The summed E-state index contributed by atoms with van der Waals surface area (Å²) in [6, 6.07) is 20.0. The maximum absolute atomic E-state index is 5.50. The third-order valence-electron chi connectivity index (χ3n) is 3.66. The molecule has 5 heteroatoms. The van der Waals surface area contributed by atoms with E-state index in [1.54, 1.807) is 6.20 Å². The van der Waals surface area contributed by atoms with E-state index in [0.29, 0.717) is 5.13 Å². The van der Waals surface area contributed by atoms with Crippen LogP contribution >= 0.6 is 11.3 Å². The summed E-state index contributed by atoms with van der Waals surface area (Å²) in [5.74, 6) is 0. The predicted molar refractivity (Wildman–Crippen MR) is 101 cm³/mol. The summed E-state index contributed by atoms with van der Waals surface area (Å²) in [7, 11) is 0. The molecule has 24 heavy (non-hydrogen) atoms. The number of nitrogens with zero attached hydrogens (tertiary/aromatic N) is 3. The van der Waals surface area contributed by atoms with Gasteiger partial charge in [0, 0.05) is 23.2 Å². The summed E-state index contributed by atoms with van der Waals surface area (Å²) in [4.78, 5) is 12.8. The highest BCUT2D eigenvalue weighted by Crippen LogP contribution is 2.22. The molecule has 5 aromatic rings. The second kappa shape index (κ2) is 6.22. The molecule has 0 fully saturated rings. The van der Waals surface area contributed by atoms with Crippen molar-refractivity contribution >= 4 is 48.5 Å². The Bertz CT molecular complexity index is 1050. The molecule has 0 amide bonds. The Balaban J connectivity index is 0.000000129. The molecule has 0 saturated heterocycles. The van der Waals surface area contributed by atoms with Crippen LogP contribution in [0.1, 0.15) is 0 Å². The van der Waals surface area contributed by atoms with Gasteiger partial charge in [-0.05, 0) is 36.4 Å². The molecule has 0 unspecified atom stereocenters. The van der Waals surface area contributed by atoms with Crippen LogP contribution in [0.25, 0.3) is 32.0 Å². The number of fused-ring (bicyclic) bond motifs is 4. The van der Waals surface area contributed by atoms with E-state index in [1.165, 1.54) is 11.3 Å². The number of anilines is 1. The number of benzene rings is 2. The molecule has 0 radical (unpaired) electrons. The van der Waals surface area contributed by atoms with Crippen molar-refractivity contribution in [1.82, 2.24) is 15.0 Å². The molecular weight excluding hydrogens is 316 g/mol. The van der Waals surface area contributed by atoms with Crippen LogP contribution in [-0.4, -0.2) is 15.0 Å². The molecule has 4 nitrogen and oxygen atoms in total. The first-order valence-electron chi connectivity index (χ1n) is 7.51. The van der Waals surface area contributed by atoms with E-state index in [-0.39, 0.29) is 0 Å². The average Bonchev–Trinajstić information content (AvgIpc) is 3.02. The Morgan fingerprint density at radius 2 is 1.58 bits per heavy atom. The van der Waals surface area contributed by atoms with Gasteiger partial charge in [0.25, 0.3) is 0 Å². The number of aromatic nitrogens is 3. The quantitative estimate of drug-likeness (QED) is 0.419. The maximum Gasteiger partial charge on any atom is 0.181 e. The van der Waals surface area contributed by atoms with Crippen LogP contribution in [-0.2, 0) is 0 Å². The number of nitrogens with two attached hydrogens (primary N) is 1. The second-order valence-electron chi connectivity index (χ2n) is 5.23.